The van der Waals surface area contributed by atoms with Crippen molar-refractivity contribution in [1.29, 1.82) is 5.26 Å². The zero-order valence-electron chi connectivity index (χ0n) is 17.9. The predicted octanol–water partition coefficient (Wildman–Crippen LogP) is 4.51. The SMILES string of the molecule is CCOc1ccccc1-c1sc2c(NNC(=O)c3ccc(C=O)cc3C)ncnc2c1C#N. The number of nitriles is 1. The first-order valence-corrected chi connectivity index (χ1v) is 10.9. The summed E-state index contributed by atoms with van der Waals surface area (Å²) in [6.07, 6.45) is 2.07. The lowest BCUT2D eigenvalue weighted by Gasteiger charge is -2.10. The number of benzene rings is 2. The Kier molecular flexibility index (Phi) is 6.29. The number of para-hydroxylation sites is 1. The Morgan fingerprint density at radius 3 is 2.79 bits per heavy atom. The van der Waals surface area contributed by atoms with Crippen molar-refractivity contribution in [2.24, 2.45) is 0 Å². The van der Waals surface area contributed by atoms with Crippen LogP contribution in [0, 0.1) is 18.3 Å². The molecule has 2 heterocycles. The molecule has 0 aliphatic heterocycles. The van der Waals surface area contributed by atoms with E-state index in [-0.39, 0.29) is 5.91 Å². The Balaban J connectivity index is 1.69. The summed E-state index contributed by atoms with van der Waals surface area (Å²) in [5, 5.41) is 9.86. The van der Waals surface area contributed by atoms with Crippen molar-refractivity contribution in [2.45, 2.75) is 13.8 Å². The van der Waals surface area contributed by atoms with Crippen molar-refractivity contribution in [3.63, 3.8) is 0 Å². The van der Waals surface area contributed by atoms with E-state index >= 15 is 0 Å². The van der Waals surface area contributed by atoms with Crippen LogP contribution in [0.2, 0.25) is 0 Å². The summed E-state index contributed by atoms with van der Waals surface area (Å²) < 4.78 is 6.37. The molecule has 0 spiro atoms. The molecule has 164 valence electrons. The summed E-state index contributed by atoms with van der Waals surface area (Å²) in [5.74, 6) is 0.668. The van der Waals surface area contributed by atoms with Crippen molar-refractivity contribution in [3.8, 4) is 22.3 Å². The van der Waals surface area contributed by atoms with Crippen molar-refractivity contribution in [3.05, 3.63) is 71.0 Å². The summed E-state index contributed by atoms with van der Waals surface area (Å²) in [6.45, 7) is 4.15. The van der Waals surface area contributed by atoms with E-state index < -0.39 is 0 Å². The van der Waals surface area contributed by atoms with Crippen molar-refractivity contribution in [2.75, 3.05) is 12.0 Å². The number of hydrogen-bond donors (Lipinski definition) is 2. The number of aromatic nitrogens is 2. The van der Waals surface area contributed by atoms with E-state index in [2.05, 4.69) is 26.9 Å². The molecule has 0 fully saturated rings. The molecule has 1 amide bonds. The molecule has 33 heavy (non-hydrogen) atoms. The number of hydrazine groups is 1. The van der Waals surface area contributed by atoms with Crippen LogP contribution in [-0.2, 0) is 0 Å². The summed E-state index contributed by atoms with van der Waals surface area (Å²) in [5.41, 5.74) is 8.77. The Bertz CT molecular complexity index is 1410. The van der Waals surface area contributed by atoms with Crippen LogP contribution < -0.4 is 15.6 Å². The van der Waals surface area contributed by atoms with Gasteiger partial charge in [-0.15, -0.1) is 11.3 Å². The van der Waals surface area contributed by atoms with Crippen LogP contribution in [0.3, 0.4) is 0 Å². The Morgan fingerprint density at radius 1 is 1.24 bits per heavy atom. The summed E-state index contributed by atoms with van der Waals surface area (Å²) in [6, 6.07) is 14.6. The third kappa shape index (κ3) is 4.24. The fourth-order valence-corrected chi connectivity index (χ4v) is 4.60. The second kappa shape index (κ2) is 9.46. The largest absolute Gasteiger partial charge is 0.493 e. The van der Waals surface area contributed by atoms with Gasteiger partial charge in [-0.05, 0) is 43.7 Å². The number of nitrogens with zero attached hydrogens (tertiary/aromatic N) is 3. The van der Waals surface area contributed by atoms with Gasteiger partial charge >= 0.3 is 0 Å². The second-order valence-corrected chi connectivity index (χ2v) is 8.04. The number of carbonyl (C=O) groups is 2. The maximum Gasteiger partial charge on any atom is 0.269 e. The highest BCUT2D eigenvalue weighted by Gasteiger charge is 2.21. The van der Waals surface area contributed by atoms with Crippen molar-refractivity contribution in [1.82, 2.24) is 15.4 Å². The number of hydrogen-bond acceptors (Lipinski definition) is 8. The van der Waals surface area contributed by atoms with Gasteiger partial charge in [0, 0.05) is 16.7 Å². The summed E-state index contributed by atoms with van der Waals surface area (Å²) >= 11 is 1.34. The zero-order chi connectivity index (χ0) is 23.4. The Hall–Kier alpha value is -4.29. The molecule has 2 aromatic carbocycles. The molecule has 4 aromatic rings. The van der Waals surface area contributed by atoms with E-state index in [1.54, 1.807) is 25.1 Å². The van der Waals surface area contributed by atoms with Crippen LogP contribution >= 0.6 is 11.3 Å². The molecule has 0 saturated carbocycles. The van der Waals surface area contributed by atoms with Gasteiger partial charge in [0.05, 0.1) is 21.7 Å². The average Bonchev–Trinajstić information content (AvgIpc) is 3.22. The Morgan fingerprint density at radius 2 is 2.06 bits per heavy atom. The van der Waals surface area contributed by atoms with Crippen molar-refractivity contribution < 1.29 is 14.3 Å². The first-order chi connectivity index (χ1) is 16.1. The van der Waals surface area contributed by atoms with Gasteiger partial charge in [0.1, 0.15) is 29.9 Å². The Labute approximate surface area is 193 Å². The van der Waals surface area contributed by atoms with Crippen LogP contribution in [-0.4, -0.2) is 28.8 Å². The third-order valence-electron chi connectivity index (χ3n) is 4.94. The van der Waals surface area contributed by atoms with Crippen molar-refractivity contribution >= 4 is 39.6 Å². The molecular formula is C24H19N5O3S. The molecule has 0 radical (unpaired) electrons. The lowest BCUT2D eigenvalue weighted by atomic mass is 10.1. The van der Waals surface area contributed by atoms with E-state index in [0.717, 1.165) is 11.8 Å². The standard InChI is InChI=1S/C24H19N5O3S/c1-3-32-19-7-5-4-6-17(19)21-18(11-25)20-22(33-21)23(27-13-26-20)28-29-24(31)16-9-8-15(12-30)10-14(16)2/h4-10,12-13H,3H2,1-2H3,(H,29,31)(H,26,27,28). The predicted molar refractivity (Wildman–Crippen MR) is 126 cm³/mol. The maximum absolute atomic E-state index is 12.7. The highest BCUT2D eigenvalue weighted by molar-refractivity contribution is 7.23. The molecule has 2 aromatic heterocycles. The molecular weight excluding hydrogens is 438 g/mol. The quantitative estimate of drug-likeness (QED) is 0.310. The molecule has 9 heteroatoms. The van der Waals surface area contributed by atoms with Gasteiger partial charge in [0.25, 0.3) is 5.91 Å². The molecule has 0 aliphatic carbocycles. The number of anilines is 1. The van der Waals surface area contributed by atoms with Crippen LogP contribution in [0.1, 0.15) is 38.8 Å². The minimum Gasteiger partial charge on any atom is -0.493 e. The van der Waals surface area contributed by atoms with Gasteiger partial charge in [-0.1, -0.05) is 18.2 Å². The van der Waals surface area contributed by atoms with Crippen LogP contribution in [0.25, 0.3) is 20.7 Å². The highest BCUT2D eigenvalue weighted by atomic mass is 32.1. The lowest BCUT2D eigenvalue weighted by Crippen LogP contribution is -2.30. The van der Waals surface area contributed by atoms with E-state index in [0.29, 0.717) is 55.5 Å². The summed E-state index contributed by atoms with van der Waals surface area (Å²) in [4.78, 5) is 32.9. The number of ether oxygens (including phenoxy) is 1. The molecule has 0 bridgehead atoms. The van der Waals surface area contributed by atoms with Gasteiger partial charge in [-0.25, -0.2) is 9.97 Å². The average molecular weight is 458 g/mol. The second-order valence-electron chi connectivity index (χ2n) is 7.02. The summed E-state index contributed by atoms with van der Waals surface area (Å²) in [7, 11) is 0. The van der Waals surface area contributed by atoms with Crippen LogP contribution in [0.5, 0.6) is 5.75 Å². The number of amides is 1. The fraction of sp³-hybridized carbons (Fsp3) is 0.125. The number of rotatable bonds is 7. The fourth-order valence-electron chi connectivity index (χ4n) is 3.43. The number of aryl methyl sites for hydroxylation is 1. The first-order valence-electron chi connectivity index (χ1n) is 10.1. The smallest absolute Gasteiger partial charge is 0.269 e. The van der Waals surface area contributed by atoms with E-state index in [1.807, 2.05) is 31.2 Å². The minimum atomic E-state index is -0.379. The van der Waals surface area contributed by atoms with Gasteiger partial charge < -0.3 is 4.74 Å². The van der Waals surface area contributed by atoms with Crippen LogP contribution in [0.15, 0.2) is 48.8 Å². The number of thiophene rings is 1. The van der Waals surface area contributed by atoms with Crippen LogP contribution in [0.4, 0.5) is 5.82 Å². The molecule has 0 saturated heterocycles. The molecule has 8 nitrogen and oxygen atoms in total. The first kappa shape index (κ1) is 21.9. The molecule has 0 unspecified atom stereocenters. The van der Waals surface area contributed by atoms with Gasteiger partial charge in [-0.2, -0.15) is 5.26 Å². The highest BCUT2D eigenvalue weighted by Crippen LogP contribution is 2.42. The van der Waals surface area contributed by atoms with E-state index in [9.17, 15) is 14.9 Å². The van der Waals surface area contributed by atoms with Gasteiger partial charge in [-0.3, -0.25) is 20.4 Å². The topological polar surface area (TPSA) is 117 Å². The number of fused-ring (bicyclic) bond motifs is 1. The lowest BCUT2D eigenvalue weighted by molar-refractivity contribution is 0.0961. The number of carbonyl (C=O) groups excluding carboxylic acids is 2. The van der Waals surface area contributed by atoms with Gasteiger partial charge in [0.15, 0.2) is 5.82 Å². The van der Waals surface area contributed by atoms with Gasteiger partial charge in [0.2, 0.25) is 0 Å². The monoisotopic (exact) mass is 457 g/mol. The van der Waals surface area contributed by atoms with E-state index in [1.165, 1.54) is 17.7 Å². The molecule has 2 N–H and O–H groups in total. The maximum atomic E-state index is 12.7. The molecule has 0 atom stereocenters. The molecule has 4 rings (SSSR count). The number of nitrogens with one attached hydrogen (secondary N) is 2. The van der Waals surface area contributed by atoms with E-state index in [4.69, 9.17) is 4.74 Å². The third-order valence-corrected chi connectivity index (χ3v) is 6.16. The number of aldehydes is 1. The normalized spacial score (nSPS) is 10.5. The molecule has 0 aliphatic rings. The zero-order valence-corrected chi connectivity index (χ0v) is 18.7. The minimum absolute atomic E-state index is 0.372.